The summed E-state index contributed by atoms with van der Waals surface area (Å²) in [5.41, 5.74) is 9.24. The van der Waals surface area contributed by atoms with Crippen molar-refractivity contribution < 1.29 is 14.3 Å². The number of thioether (sulfide) groups is 1. The molecule has 0 fully saturated rings. The molecule has 0 saturated heterocycles. The van der Waals surface area contributed by atoms with Gasteiger partial charge in [-0.1, -0.05) is 66.7 Å². The Morgan fingerprint density at radius 3 is 2.78 bits per heavy atom. The number of aromatic nitrogens is 2. The van der Waals surface area contributed by atoms with E-state index in [1.54, 1.807) is 36.3 Å². The van der Waals surface area contributed by atoms with E-state index in [1.165, 1.54) is 23.1 Å². The lowest BCUT2D eigenvalue weighted by Crippen LogP contribution is -2.42. The van der Waals surface area contributed by atoms with Crippen LogP contribution in [0.3, 0.4) is 0 Å². The topological polar surface area (TPSA) is 134 Å². The van der Waals surface area contributed by atoms with Gasteiger partial charge in [0.25, 0.3) is 0 Å². The van der Waals surface area contributed by atoms with Crippen molar-refractivity contribution >= 4 is 57.2 Å². The predicted molar refractivity (Wildman–Crippen MR) is 161 cm³/mol. The first-order valence-corrected chi connectivity index (χ1v) is 14.9. The van der Waals surface area contributed by atoms with Gasteiger partial charge in [-0.15, -0.1) is 10.2 Å². The number of carbonyl (C=O) groups excluding carboxylic acids is 2. The molecule has 12 heteroatoms. The van der Waals surface area contributed by atoms with Crippen LogP contribution in [0.4, 0.5) is 10.8 Å². The van der Waals surface area contributed by atoms with E-state index in [9.17, 15) is 14.9 Å². The molecule has 1 atom stereocenters. The first-order valence-electron chi connectivity index (χ1n) is 12.7. The highest BCUT2D eigenvalue weighted by atomic mass is 35.5. The quantitative estimate of drug-likeness (QED) is 0.316. The van der Waals surface area contributed by atoms with Gasteiger partial charge < -0.3 is 15.8 Å². The SMILES string of the molecule is COc1cccc(C2C(C#N)=C(N)N(c3nnc(SCC(=O)Nc4cccc(Cl)c4)s3)C3=C2C(=O)CC(C)(C)C3)c1. The lowest BCUT2D eigenvalue weighted by molar-refractivity contribution is -0.118. The fraction of sp³-hybridized carbons (Fsp3) is 0.276. The van der Waals surface area contributed by atoms with E-state index >= 15 is 0 Å². The largest absolute Gasteiger partial charge is 0.497 e. The molecule has 0 bridgehead atoms. The van der Waals surface area contributed by atoms with Crippen molar-refractivity contribution in [3.05, 3.63) is 81.8 Å². The van der Waals surface area contributed by atoms with Gasteiger partial charge in [-0.25, -0.2) is 0 Å². The number of nitrogens with zero attached hydrogens (tertiary/aromatic N) is 4. The number of hydrogen-bond donors (Lipinski definition) is 2. The molecule has 210 valence electrons. The molecule has 3 aromatic rings. The number of benzene rings is 2. The standard InChI is InChI=1S/C29H27ClN6O3S2/c1-29(2)12-21-25(22(37)13-29)24(16-6-4-9-19(10-16)39-3)20(14-31)26(32)36(21)27-34-35-28(41-27)40-15-23(38)33-18-8-5-7-17(30)11-18/h4-11,24H,12-13,15,32H2,1-3H3,(H,33,38). The van der Waals surface area contributed by atoms with Crippen molar-refractivity contribution in [3.63, 3.8) is 0 Å². The van der Waals surface area contributed by atoms with E-state index in [0.29, 0.717) is 50.0 Å². The predicted octanol–water partition coefficient (Wildman–Crippen LogP) is 5.87. The van der Waals surface area contributed by atoms with E-state index in [0.717, 1.165) is 5.56 Å². The Kier molecular flexibility index (Phi) is 8.09. The van der Waals surface area contributed by atoms with E-state index in [1.807, 2.05) is 38.1 Å². The summed E-state index contributed by atoms with van der Waals surface area (Å²) < 4.78 is 5.96. The molecule has 2 heterocycles. The van der Waals surface area contributed by atoms with E-state index in [2.05, 4.69) is 21.6 Å². The summed E-state index contributed by atoms with van der Waals surface area (Å²) in [6.07, 6.45) is 0.899. The number of nitriles is 1. The Bertz CT molecular complexity index is 1640. The molecule has 1 unspecified atom stereocenters. The Balaban J connectivity index is 1.47. The molecule has 1 aliphatic carbocycles. The lowest BCUT2D eigenvalue weighted by atomic mass is 9.68. The van der Waals surface area contributed by atoms with Crippen LogP contribution in [-0.2, 0) is 9.59 Å². The van der Waals surface area contributed by atoms with Crippen LogP contribution in [0.25, 0.3) is 0 Å². The first kappa shape index (κ1) is 28.7. The van der Waals surface area contributed by atoms with E-state index in [4.69, 9.17) is 22.1 Å². The fourth-order valence-electron chi connectivity index (χ4n) is 5.12. The van der Waals surface area contributed by atoms with Crippen LogP contribution in [-0.4, -0.2) is 34.8 Å². The average Bonchev–Trinajstić information content (AvgIpc) is 3.39. The average molecular weight is 607 g/mol. The van der Waals surface area contributed by atoms with Gasteiger partial charge in [0.15, 0.2) is 10.1 Å². The summed E-state index contributed by atoms with van der Waals surface area (Å²) in [6.45, 7) is 4.07. The third-order valence-corrected chi connectivity index (χ3v) is 9.11. The summed E-state index contributed by atoms with van der Waals surface area (Å²) in [4.78, 5) is 27.9. The minimum absolute atomic E-state index is 0.0360. The number of amides is 1. The van der Waals surface area contributed by atoms with Crippen LogP contribution in [0.15, 0.2) is 75.5 Å². The van der Waals surface area contributed by atoms with E-state index < -0.39 is 5.92 Å². The van der Waals surface area contributed by atoms with Crippen molar-refractivity contribution in [2.45, 2.75) is 36.9 Å². The van der Waals surface area contributed by atoms with Crippen LogP contribution in [0.1, 0.15) is 38.2 Å². The number of nitrogens with two attached hydrogens (primary N) is 1. The number of methoxy groups -OCH3 is 1. The molecule has 1 aliphatic heterocycles. The maximum atomic E-state index is 13.7. The number of ketones is 1. The van der Waals surface area contributed by atoms with Crippen molar-refractivity contribution in [1.29, 1.82) is 5.26 Å². The second-order valence-electron chi connectivity index (χ2n) is 10.5. The molecular formula is C29H27ClN6O3S2. The van der Waals surface area contributed by atoms with Crippen molar-refractivity contribution in [3.8, 4) is 11.8 Å². The molecule has 1 amide bonds. The van der Waals surface area contributed by atoms with Gasteiger partial charge in [-0.2, -0.15) is 5.26 Å². The number of allylic oxidation sites excluding steroid dienone is 3. The molecule has 3 N–H and O–H groups in total. The van der Waals surface area contributed by atoms with Gasteiger partial charge in [0.05, 0.1) is 30.4 Å². The zero-order valence-electron chi connectivity index (χ0n) is 22.6. The maximum absolute atomic E-state index is 13.7. The minimum atomic E-state index is -0.623. The Morgan fingerprint density at radius 1 is 1.27 bits per heavy atom. The highest BCUT2D eigenvalue weighted by molar-refractivity contribution is 8.01. The van der Waals surface area contributed by atoms with Crippen LogP contribution in [0.5, 0.6) is 5.75 Å². The number of ether oxygens (including phenoxy) is 1. The van der Waals surface area contributed by atoms with Crippen LogP contribution in [0, 0.1) is 16.7 Å². The highest BCUT2D eigenvalue weighted by Crippen LogP contribution is 2.51. The molecular weight excluding hydrogens is 580 g/mol. The van der Waals surface area contributed by atoms with Crippen molar-refractivity contribution in [1.82, 2.24) is 10.2 Å². The summed E-state index contributed by atoms with van der Waals surface area (Å²) in [5, 5.41) is 22.7. The molecule has 2 aromatic carbocycles. The Labute approximate surface area is 251 Å². The zero-order chi connectivity index (χ0) is 29.3. The minimum Gasteiger partial charge on any atom is -0.497 e. The normalized spacial score (nSPS) is 18.2. The highest BCUT2D eigenvalue weighted by Gasteiger charge is 2.45. The number of carbonyl (C=O) groups is 2. The van der Waals surface area contributed by atoms with Gasteiger partial charge in [-0.05, 0) is 47.7 Å². The summed E-state index contributed by atoms with van der Waals surface area (Å²) in [7, 11) is 1.57. The van der Waals surface area contributed by atoms with Crippen molar-refractivity contribution in [2.75, 3.05) is 23.1 Å². The summed E-state index contributed by atoms with van der Waals surface area (Å²) in [6, 6.07) is 16.5. The molecule has 41 heavy (non-hydrogen) atoms. The fourth-order valence-corrected chi connectivity index (χ4v) is 6.99. The van der Waals surface area contributed by atoms with Crippen LogP contribution >= 0.6 is 34.7 Å². The Hall–Kier alpha value is -3.85. The molecule has 0 saturated carbocycles. The van der Waals surface area contributed by atoms with Gasteiger partial charge in [0.2, 0.25) is 11.0 Å². The first-order chi connectivity index (χ1) is 19.6. The number of anilines is 2. The smallest absolute Gasteiger partial charge is 0.234 e. The Morgan fingerprint density at radius 2 is 2.05 bits per heavy atom. The van der Waals surface area contributed by atoms with Gasteiger partial charge in [-0.3, -0.25) is 14.5 Å². The lowest BCUT2D eigenvalue weighted by Gasteiger charge is -2.42. The monoisotopic (exact) mass is 606 g/mol. The molecule has 0 spiro atoms. The number of Topliss-reactive ketones (excluding diaryl/α,β-unsaturated/α-hetero) is 1. The maximum Gasteiger partial charge on any atom is 0.234 e. The third-order valence-electron chi connectivity index (χ3n) is 6.83. The number of halogens is 1. The number of nitrogens with one attached hydrogen (secondary N) is 1. The summed E-state index contributed by atoms with van der Waals surface area (Å²) >= 11 is 8.47. The third kappa shape index (κ3) is 5.95. The summed E-state index contributed by atoms with van der Waals surface area (Å²) in [5.74, 6) is 0.0532. The molecule has 1 aromatic heterocycles. The number of hydrogen-bond acceptors (Lipinski definition) is 10. The molecule has 5 rings (SSSR count). The molecule has 2 aliphatic rings. The molecule has 0 radical (unpaired) electrons. The second kappa shape index (κ2) is 11.6. The van der Waals surface area contributed by atoms with E-state index in [-0.39, 0.29) is 34.3 Å². The van der Waals surface area contributed by atoms with Crippen LogP contribution in [0.2, 0.25) is 5.02 Å². The van der Waals surface area contributed by atoms with Gasteiger partial charge >= 0.3 is 0 Å². The number of rotatable bonds is 7. The zero-order valence-corrected chi connectivity index (χ0v) is 25.0. The second-order valence-corrected chi connectivity index (χ2v) is 13.1. The van der Waals surface area contributed by atoms with Crippen LogP contribution < -0.4 is 20.7 Å². The van der Waals surface area contributed by atoms with Gasteiger partial charge in [0, 0.05) is 28.4 Å². The van der Waals surface area contributed by atoms with Gasteiger partial charge in [0.1, 0.15) is 11.6 Å². The molecule has 9 nitrogen and oxygen atoms in total. The van der Waals surface area contributed by atoms with Crippen molar-refractivity contribution in [2.24, 2.45) is 11.1 Å².